The van der Waals surface area contributed by atoms with E-state index in [0.717, 1.165) is 31.5 Å². The number of halogens is 1. The number of piperidine rings is 1. The molecule has 1 heterocycles. The van der Waals surface area contributed by atoms with E-state index in [1.807, 2.05) is 4.90 Å². The molecule has 0 unspecified atom stereocenters. The Hall–Kier alpha value is -2.95. The Labute approximate surface area is 158 Å². The number of ketones is 1. The molecular formula is C22H23FN2O2. The van der Waals surface area contributed by atoms with Crippen molar-refractivity contribution in [3.8, 4) is 0 Å². The molecule has 3 rings (SSSR count). The van der Waals surface area contributed by atoms with Crippen LogP contribution in [-0.4, -0.2) is 24.8 Å². The first-order valence-electron chi connectivity index (χ1n) is 9.17. The summed E-state index contributed by atoms with van der Waals surface area (Å²) in [6, 6.07) is 11.8. The van der Waals surface area contributed by atoms with Crippen molar-refractivity contribution in [3.63, 3.8) is 0 Å². The molecule has 1 N–H and O–H groups in total. The number of benzene rings is 2. The second-order valence-electron chi connectivity index (χ2n) is 6.71. The van der Waals surface area contributed by atoms with Crippen molar-refractivity contribution in [1.82, 2.24) is 0 Å². The topological polar surface area (TPSA) is 49.4 Å². The summed E-state index contributed by atoms with van der Waals surface area (Å²) in [6.45, 7) is 3.17. The van der Waals surface area contributed by atoms with Crippen LogP contribution in [-0.2, 0) is 4.79 Å². The average molecular weight is 366 g/mol. The Morgan fingerprint density at radius 3 is 2.37 bits per heavy atom. The van der Waals surface area contributed by atoms with Gasteiger partial charge < -0.3 is 10.2 Å². The molecule has 0 spiro atoms. The van der Waals surface area contributed by atoms with Gasteiger partial charge in [-0.05, 0) is 61.2 Å². The molecule has 2 aromatic carbocycles. The van der Waals surface area contributed by atoms with E-state index in [1.54, 1.807) is 42.5 Å². The molecule has 0 aromatic heterocycles. The number of rotatable bonds is 5. The summed E-state index contributed by atoms with van der Waals surface area (Å²) in [7, 11) is 0. The van der Waals surface area contributed by atoms with Crippen molar-refractivity contribution in [1.29, 1.82) is 0 Å². The maximum Gasteiger partial charge on any atom is 0.221 e. The third-order valence-electron chi connectivity index (χ3n) is 4.59. The van der Waals surface area contributed by atoms with Crippen molar-refractivity contribution in [2.45, 2.75) is 26.2 Å². The number of anilines is 2. The van der Waals surface area contributed by atoms with Crippen LogP contribution in [0.25, 0.3) is 6.08 Å². The second-order valence-corrected chi connectivity index (χ2v) is 6.71. The summed E-state index contributed by atoms with van der Waals surface area (Å²) in [6.07, 6.45) is 6.44. The maximum absolute atomic E-state index is 14.5. The number of carbonyl (C=O) groups is 2. The van der Waals surface area contributed by atoms with Gasteiger partial charge in [0.05, 0.1) is 5.69 Å². The highest BCUT2D eigenvalue weighted by molar-refractivity contribution is 6.07. The molecule has 0 bridgehead atoms. The van der Waals surface area contributed by atoms with Gasteiger partial charge in [-0.2, -0.15) is 0 Å². The van der Waals surface area contributed by atoms with E-state index < -0.39 is 0 Å². The van der Waals surface area contributed by atoms with Crippen molar-refractivity contribution >= 4 is 29.1 Å². The molecule has 0 radical (unpaired) electrons. The van der Waals surface area contributed by atoms with E-state index in [-0.39, 0.29) is 17.5 Å². The molecule has 0 aliphatic carbocycles. The van der Waals surface area contributed by atoms with E-state index in [0.29, 0.717) is 16.9 Å². The van der Waals surface area contributed by atoms with Crippen LogP contribution in [0.1, 0.15) is 42.1 Å². The molecule has 1 saturated heterocycles. The van der Waals surface area contributed by atoms with E-state index >= 15 is 0 Å². The Bertz CT molecular complexity index is 853. The zero-order valence-corrected chi connectivity index (χ0v) is 15.4. The molecule has 2 aromatic rings. The molecule has 0 saturated carbocycles. The lowest BCUT2D eigenvalue weighted by molar-refractivity contribution is -0.114. The Balaban J connectivity index is 1.67. The van der Waals surface area contributed by atoms with Gasteiger partial charge in [0, 0.05) is 31.3 Å². The Morgan fingerprint density at radius 2 is 1.74 bits per heavy atom. The first-order chi connectivity index (χ1) is 13.0. The first-order valence-corrected chi connectivity index (χ1v) is 9.17. The zero-order valence-electron chi connectivity index (χ0n) is 15.4. The summed E-state index contributed by atoms with van der Waals surface area (Å²) in [4.78, 5) is 25.4. The highest BCUT2D eigenvalue weighted by Crippen LogP contribution is 2.24. The fourth-order valence-corrected chi connectivity index (χ4v) is 3.20. The van der Waals surface area contributed by atoms with Crippen LogP contribution in [0.15, 0.2) is 48.5 Å². The predicted octanol–water partition coefficient (Wildman–Crippen LogP) is 4.67. The largest absolute Gasteiger partial charge is 0.369 e. The highest BCUT2D eigenvalue weighted by Gasteiger charge is 2.16. The first kappa shape index (κ1) is 18.8. The van der Waals surface area contributed by atoms with Crippen molar-refractivity contribution in [2.75, 3.05) is 23.3 Å². The number of allylic oxidation sites excluding steroid dienone is 1. The lowest BCUT2D eigenvalue weighted by Gasteiger charge is -2.29. The fraction of sp³-hybridized carbons (Fsp3) is 0.273. The van der Waals surface area contributed by atoms with Gasteiger partial charge in [0.25, 0.3) is 0 Å². The smallest absolute Gasteiger partial charge is 0.221 e. The van der Waals surface area contributed by atoms with Crippen LogP contribution in [0.4, 0.5) is 15.8 Å². The Morgan fingerprint density at radius 1 is 1.04 bits per heavy atom. The van der Waals surface area contributed by atoms with Gasteiger partial charge >= 0.3 is 0 Å². The van der Waals surface area contributed by atoms with Crippen LogP contribution >= 0.6 is 0 Å². The summed E-state index contributed by atoms with van der Waals surface area (Å²) < 4.78 is 14.5. The number of hydrogen-bond acceptors (Lipinski definition) is 3. The molecule has 1 aliphatic rings. The average Bonchev–Trinajstić information content (AvgIpc) is 2.67. The van der Waals surface area contributed by atoms with E-state index in [2.05, 4.69) is 5.32 Å². The second kappa shape index (κ2) is 8.62. The summed E-state index contributed by atoms with van der Waals surface area (Å²) in [5, 5.41) is 2.69. The van der Waals surface area contributed by atoms with Crippen LogP contribution in [0, 0.1) is 5.82 Å². The highest BCUT2D eigenvalue weighted by atomic mass is 19.1. The SMILES string of the molecule is CC(=O)Nc1ccc(/C=C/C(=O)c2ccc(N3CCCCC3)c(F)c2)cc1. The van der Waals surface area contributed by atoms with Gasteiger partial charge in [-0.25, -0.2) is 4.39 Å². The summed E-state index contributed by atoms with van der Waals surface area (Å²) in [5.41, 5.74) is 2.42. The van der Waals surface area contributed by atoms with Gasteiger partial charge in [-0.1, -0.05) is 18.2 Å². The normalized spacial score (nSPS) is 14.4. The quantitative estimate of drug-likeness (QED) is 0.618. The number of nitrogens with zero attached hydrogens (tertiary/aromatic N) is 1. The molecule has 4 nitrogen and oxygen atoms in total. The lowest BCUT2D eigenvalue weighted by Crippen LogP contribution is -2.30. The number of nitrogens with one attached hydrogen (secondary N) is 1. The summed E-state index contributed by atoms with van der Waals surface area (Å²) in [5.74, 6) is -0.732. The number of amides is 1. The van der Waals surface area contributed by atoms with E-state index in [9.17, 15) is 14.0 Å². The third kappa shape index (κ3) is 5.03. The molecular weight excluding hydrogens is 343 g/mol. The fourth-order valence-electron chi connectivity index (χ4n) is 3.20. The van der Waals surface area contributed by atoms with Crippen LogP contribution < -0.4 is 10.2 Å². The van der Waals surface area contributed by atoms with Crippen molar-refractivity contribution in [3.05, 3.63) is 65.5 Å². The molecule has 1 aliphatic heterocycles. The van der Waals surface area contributed by atoms with Crippen LogP contribution in [0.5, 0.6) is 0 Å². The molecule has 5 heteroatoms. The monoisotopic (exact) mass is 366 g/mol. The molecule has 1 amide bonds. The van der Waals surface area contributed by atoms with Crippen LogP contribution in [0.2, 0.25) is 0 Å². The number of hydrogen-bond donors (Lipinski definition) is 1. The van der Waals surface area contributed by atoms with E-state index in [4.69, 9.17) is 0 Å². The minimum atomic E-state index is -0.351. The third-order valence-corrected chi connectivity index (χ3v) is 4.59. The van der Waals surface area contributed by atoms with E-state index in [1.165, 1.54) is 25.5 Å². The Kier molecular flexibility index (Phi) is 6.01. The van der Waals surface area contributed by atoms with Crippen molar-refractivity contribution < 1.29 is 14.0 Å². The minimum absolute atomic E-state index is 0.136. The van der Waals surface area contributed by atoms with Gasteiger partial charge in [-0.15, -0.1) is 0 Å². The standard InChI is InChI=1S/C22H23FN2O2/c1-16(26)24-19-9-5-17(6-10-19)7-12-22(27)18-8-11-21(20(23)15-18)25-13-3-2-4-14-25/h5-12,15H,2-4,13-14H2,1H3,(H,24,26)/b12-7+. The van der Waals surface area contributed by atoms with Crippen molar-refractivity contribution in [2.24, 2.45) is 0 Å². The minimum Gasteiger partial charge on any atom is -0.369 e. The molecule has 0 atom stereocenters. The lowest BCUT2D eigenvalue weighted by atomic mass is 10.1. The van der Waals surface area contributed by atoms with Gasteiger partial charge in [0.15, 0.2) is 5.78 Å². The maximum atomic E-state index is 14.5. The van der Waals surface area contributed by atoms with Gasteiger partial charge in [-0.3, -0.25) is 9.59 Å². The van der Waals surface area contributed by atoms with Gasteiger partial charge in [0.2, 0.25) is 5.91 Å². The summed E-state index contributed by atoms with van der Waals surface area (Å²) >= 11 is 0. The zero-order chi connectivity index (χ0) is 19.2. The molecule has 1 fully saturated rings. The molecule has 140 valence electrons. The predicted molar refractivity (Wildman–Crippen MR) is 107 cm³/mol. The molecule has 27 heavy (non-hydrogen) atoms. The van der Waals surface area contributed by atoms with Crippen LogP contribution in [0.3, 0.4) is 0 Å². The number of carbonyl (C=O) groups excluding carboxylic acids is 2. The van der Waals surface area contributed by atoms with Gasteiger partial charge in [0.1, 0.15) is 5.82 Å².